The van der Waals surface area contributed by atoms with E-state index >= 15 is 0 Å². The molecule has 0 aromatic carbocycles. The van der Waals surface area contributed by atoms with Crippen LogP contribution in [0.5, 0.6) is 0 Å². The van der Waals surface area contributed by atoms with Gasteiger partial charge in [-0.25, -0.2) is 4.79 Å². The number of fused-ring (bicyclic) bond motifs is 1. The van der Waals surface area contributed by atoms with E-state index in [1.54, 1.807) is 6.20 Å². The molecule has 1 aromatic heterocycles. The molecule has 21 heavy (non-hydrogen) atoms. The van der Waals surface area contributed by atoms with Crippen LogP contribution in [0, 0.1) is 11.8 Å². The van der Waals surface area contributed by atoms with E-state index in [2.05, 4.69) is 26.2 Å². The number of amides is 1. The van der Waals surface area contributed by atoms with Crippen molar-refractivity contribution >= 4 is 22.0 Å². The molecule has 1 heterocycles. The van der Waals surface area contributed by atoms with Crippen molar-refractivity contribution in [3.63, 3.8) is 0 Å². The van der Waals surface area contributed by atoms with E-state index in [4.69, 9.17) is 4.74 Å². The van der Waals surface area contributed by atoms with Gasteiger partial charge in [0.15, 0.2) is 0 Å². The van der Waals surface area contributed by atoms with Crippen LogP contribution in [0.25, 0.3) is 0 Å². The summed E-state index contributed by atoms with van der Waals surface area (Å²) in [5, 5.41) is 3.11. The summed E-state index contributed by atoms with van der Waals surface area (Å²) in [6.07, 6.45) is 4.62. The molecule has 1 aromatic rings. The zero-order valence-electron chi connectivity index (χ0n) is 12.6. The molecule has 2 aliphatic carbocycles. The fraction of sp³-hybridized carbons (Fsp3) is 0.625. The second-order valence-corrected chi connectivity index (χ2v) is 8.15. The predicted octanol–water partition coefficient (Wildman–Crippen LogP) is 3.99. The first-order valence-corrected chi connectivity index (χ1v) is 8.20. The molecule has 3 rings (SSSR count). The fourth-order valence-corrected chi connectivity index (χ4v) is 3.66. The van der Waals surface area contributed by atoms with Gasteiger partial charge in [-0.05, 0) is 64.0 Å². The Morgan fingerprint density at radius 3 is 2.67 bits per heavy atom. The molecule has 2 aliphatic rings. The molecule has 0 spiro atoms. The Labute approximate surface area is 133 Å². The highest BCUT2D eigenvalue weighted by molar-refractivity contribution is 9.10. The zero-order valence-corrected chi connectivity index (χ0v) is 14.2. The van der Waals surface area contributed by atoms with E-state index in [-0.39, 0.29) is 11.6 Å². The molecule has 1 N–H and O–H groups in total. The van der Waals surface area contributed by atoms with E-state index in [9.17, 15) is 4.79 Å². The highest BCUT2D eigenvalue weighted by Crippen LogP contribution is 2.59. The Hall–Kier alpha value is -1.10. The molecule has 0 radical (unpaired) electrons. The second-order valence-electron chi connectivity index (χ2n) is 7.23. The normalized spacial score (nSPS) is 30.7. The molecule has 2 saturated carbocycles. The number of ether oxygens (including phenoxy) is 1. The quantitative estimate of drug-likeness (QED) is 0.875. The summed E-state index contributed by atoms with van der Waals surface area (Å²) in [5.41, 5.74) is 0.0620. The number of rotatable bonds is 2. The molecule has 2 atom stereocenters. The lowest BCUT2D eigenvalue weighted by molar-refractivity contribution is 0.0443. The number of hydrogen-bond acceptors (Lipinski definition) is 3. The average Bonchev–Trinajstić information content (AvgIpc) is 2.95. The molecule has 0 bridgehead atoms. The molecule has 2 fully saturated rings. The Balaban J connectivity index is 1.83. The summed E-state index contributed by atoms with van der Waals surface area (Å²) in [4.78, 5) is 16.7. The van der Waals surface area contributed by atoms with E-state index in [0.717, 1.165) is 34.8 Å². The van der Waals surface area contributed by atoms with Crippen LogP contribution >= 0.6 is 15.9 Å². The van der Waals surface area contributed by atoms with Crippen molar-refractivity contribution in [1.29, 1.82) is 0 Å². The van der Waals surface area contributed by atoms with E-state index < -0.39 is 5.60 Å². The maximum absolute atomic E-state index is 12.2. The van der Waals surface area contributed by atoms with E-state index in [1.165, 1.54) is 6.42 Å². The SMILES string of the molecule is CC(C)(C)OC(=O)NC1(c2cc(Br)ccn2)CC2CC2C1. The zero-order chi connectivity index (χ0) is 15.3. The number of carbonyl (C=O) groups excluding carboxylic acids is 1. The molecule has 4 nitrogen and oxygen atoms in total. The smallest absolute Gasteiger partial charge is 0.408 e. The van der Waals surface area contributed by atoms with Crippen molar-refractivity contribution in [3.8, 4) is 0 Å². The van der Waals surface area contributed by atoms with Crippen LogP contribution in [0.15, 0.2) is 22.8 Å². The Kier molecular flexibility index (Phi) is 3.51. The highest BCUT2D eigenvalue weighted by Gasteiger charge is 2.56. The van der Waals surface area contributed by atoms with Gasteiger partial charge in [0.2, 0.25) is 0 Å². The molecule has 2 unspecified atom stereocenters. The summed E-state index contributed by atoms with van der Waals surface area (Å²) >= 11 is 3.49. The Bertz CT molecular complexity index is 558. The number of halogens is 1. The minimum absolute atomic E-state index is 0.356. The minimum Gasteiger partial charge on any atom is -0.444 e. The van der Waals surface area contributed by atoms with E-state index in [0.29, 0.717) is 0 Å². The number of pyridine rings is 1. The predicted molar refractivity (Wildman–Crippen MR) is 83.8 cm³/mol. The van der Waals surface area contributed by atoms with Crippen LogP contribution in [0.2, 0.25) is 0 Å². The van der Waals surface area contributed by atoms with Gasteiger partial charge in [0.1, 0.15) is 5.60 Å². The lowest BCUT2D eigenvalue weighted by Gasteiger charge is -2.33. The molecular formula is C16H21BrN2O2. The van der Waals surface area contributed by atoms with Crippen molar-refractivity contribution < 1.29 is 9.53 Å². The first-order chi connectivity index (χ1) is 9.77. The first-order valence-electron chi connectivity index (χ1n) is 7.41. The Morgan fingerprint density at radius 2 is 2.10 bits per heavy atom. The van der Waals surface area contributed by atoms with Crippen LogP contribution in [0.4, 0.5) is 4.79 Å². The van der Waals surface area contributed by atoms with Gasteiger partial charge in [-0.1, -0.05) is 15.9 Å². The van der Waals surface area contributed by atoms with Gasteiger partial charge in [0, 0.05) is 10.7 Å². The summed E-state index contributed by atoms with van der Waals surface area (Å²) in [6.45, 7) is 5.63. The summed E-state index contributed by atoms with van der Waals surface area (Å²) in [6, 6.07) is 3.91. The molecule has 5 heteroatoms. The van der Waals surface area contributed by atoms with Crippen molar-refractivity contribution in [1.82, 2.24) is 10.3 Å². The van der Waals surface area contributed by atoms with Crippen LogP contribution in [-0.4, -0.2) is 16.7 Å². The minimum atomic E-state index is -0.489. The lowest BCUT2D eigenvalue weighted by Crippen LogP contribution is -2.47. The summed E-state index contributed by atoms with van der Waals surface area (Å²) in [5.74, 6) is 1.45. The van der Waals surface area contributed by atoms with Crippen LogP contribution < -0.4 is 5.32 Å². The van der Waals surface area contributed by atoms with Gasteiger partial charge in [-0.2, -0.15) is 0 Å². The van der Waals surface area contributed by atoms with Gasteiger partial charge in [0.25, 0.3) is 0 Å². The third-order valence-electron chi connectivity index (χ3n) is 4.24. The highest BCUT2D eigenvalue weighted by atomic mass is 79.9. The van der Waals surface area contributed by atoms with Gasteiger partial charge >= 0.3 is 6.09 Å². The molecule has 1 amide bonds. The second kappa shape index (κ2) is 4.97. The number of aromatic nitrogens is 1. The standard InChI is InChI=1S/C16H21BrN2O2/c1-15(2,3)21-14(20)19-16(8-10-6-11(10)9-16)13-7-12(17)4-5-18-13/h4-5,7,10-11H,6,8-9H2,1-3H3,(H,19,20). The van der Waals surface area contributed by atoms with E-state index in [1.807, 2.05) is 32.9 Å². The van der Waals surface area contributed by atoms with Crippen LogP contribution in [-0.2, 0) is 10.3 Å². The number of alkyl carbamates (subject to hydrolysis) is 1. The maximum Gasteiger partial charge on any atom is 0.408 e. The fourth-order valence-electron chi connectivity index (χ4n) is 3.33. The van der Waals surface area contributed by atoms with Crippen molar-refractivity contribution in [2.24, 2.45) is 11.8 Å². The first kappa shape index (κ1) is 14.8. The summed E-state index contributed by atoms with van der Waals surface area (Å²) in [7, 11) is 0. The third-order valence-corrected chi connectivity index (χ3v) is 4.74. The van der Waals surface area contributed by atoms with Gasteiger partial charge in [-0.15, -0.1) is 0 Å². The number of carbonyl (C=O) groups is 1. The molecule has 0 saturated heterocycles. The van der Waals surface area contributed by atoms with Crippen LogP contribution in [0.1, 0.15) is 45.7 Å². The number of nitrogens with one attached hydrogen (secondary N) is 1. The van der Waals surface area contributed by atoms with Crippen molar-refractivity contribution in [2.45, 2.75) is 51.2 Å². The van der Waals surface area contributed by atoms with Crippen LogP contribution in [0.3, 0.4) is 0 Å². The third kappa shape index (κ3) is 3.23. The molecular weight excluding hydrogens is 332 g/mol. The molecule has 114 valence electrons. The van der Waals surface area contributed by atoms with Crippen molar-refractivity contribution in [3.05, 3.63) is 28.5 Å². The number of hydrogen-bond donors (Lipinski definition) is 1. The lowest BCUT2D eigenvalue weighted by atomic mass is 9.89. The maximum atomic E-state index is 12.2. The molecule has 0 aliphatic heterocycles. The largest absolute Gasteiger partial charge is 0.444 e. The average molecular weight is 353 g/mol. The van der Waals surface area contributed by atoms with Crippen molar-refractivity contribution in [2.75, 3.05) is 0 Å². The Morgan fingerprint density at radius 1 is 1.43 bits per heavy atom. The van der Waals surface area contributed by atoms with Gasteiger partial charge < -0.3 is 10.1 Å². The summed E-state index contributed by atoms with van der Waals surface area (Å²) < 4.78 is 6.42. The monoisotopic (exact) mass is 352 g/mol. The van der Waals surface area contributed by atoms with Gasteiger partial charge in [0.05, 0.1) is 11.2 Å². The topological polar surface area (TPSA) is 51.2 Å². The van der Waals surface area contributed by atoms with Gasteiger partial charge in [-0.3, -0.25) is 4.98 Å². The number of nitrogens with zero attached hydrogens (tertiary/aromatic N) is 1.